The van der Waals surface area contributed by atoms with Crippen LogP contribution in [0.3, 0.4) is 0 Å². The van der Waals surface area contributed by atoms with Gasteiger partial charge in [-0.25, -0.2) is 0 Å². The Morgan fingerprint density at radius 1 is 1.58 bits per heavy atom. The zero-order chi connectivity index (χ0) is 9.30. The minimum absolute atomic E-state index is 0.0000926. The smallest absolute Gasteiger partial charge is 0.159 e. The summed E-state index contributed by atoms with van der Waals surface area (Å²) in [5, 5.41) is -0.0000926. The summed E-state index contributed by atoms with van der Waals surface area (Å²) in [4.78, 5) is 11.4. The van der Waals surface area contributed by atoms with Gasteiger partial charge in [0.05, 0.1) is 0 Å². The summed E-state index contributed by atoms with van der Waals surface area (Å²) >= 11 is 6.04. The molecule has 0 radical (unpaired) electrons. The van der Waals surface area contributed by atoms with Crippen molar-refractivity contribution in [1.82, 2.24) is 0 Å². The molecule has 1 rings (SSSR count). The van der Waals surface area contributed by atoms with Gasteiger partial charge in [-0.3, -0.25) is 4.79 Å². The highest BCUT2D eigenvalue weighted by molar-refractivity contribution is 6.23. The van der Waals surface area contributed by atoms with E-state index in [0.717, 1.165) is 6.42 Å². The first-order valence-electron chi connectivity index (χ1n) is 4.40. The Morgan fingerprint density at radius 3 is 2.58 bits per heavy atom. The van der Waals surface area contributed by atoms with Gasteiger partial charge in [-0.15, -0.1) is 11.6 Å². The van der Waals surface area contributed by atoms with Crippen LogP contribution in [0.2, 0.25) is 0 Å². The van der Waals surface area contributed by atoms with Crippen LogP contribution in [0.5, 0.6) is 0 Å². The van der Waals surface area contributed by atoms with Crippen molar-refractivity contribution in [3.8, 4) is 0 Å². The maximum atomic E-state index is 11.4. The Labute approximate surface area is 78.8 Å². The summed E-state index contributed by atoms with van der Waals surface area (Å²) in [6.07, 6.45) is 2.64. The molecule has 0 spiro atoms. The molecule has 1 aliphatic carbocycles. The summed E-state index contributed by atoms with van der Waals surface area (Å²) < 4.78 is 0. The lowest BCUT2D eigenvalue weighted by atomic mass is 9.85. The molecule has 0 aromatic rings. The Hall–Kier alpha value is -0.300. The fourth-order valence-electron chi connectivity index (χ4n) is 1.36. The molecular weight excluding hydrogens is 172 g/mol. The van der Waals surface area contributed by atoms with Crippen LogP contribution >= 0.6 is 11.6 Å². The average Bonchev–Trinajstić information content (AvgIpc) is 1.99. The monoisotopic (exact) mass is 186 g/mol. The van der Waals surface area contributed by atoms with Crippen molar-refractivity contribution in [2.45, 2.75) is 32.6 Å². The van der Waals surface area contributed by atoms with E-state index in [9.17, 15) is 4.79 Å². The minimum Gasteiger partial charge on any atom is -0.295 e. The third kappa shape index (κ3) is 1.89. The van der Waals surface area contributed by atoms with Crippen LogP contribution < -0.4 is 0 Å². The molecule has 0 aromatic heterocycles. The highest BCUT2D eigenvalue weighted by Gasteiger charge is 2.27. The molecule has 0 saturated heterocycles. The standard InChI is InChI=1S/C10H15ClO/c1-6(2)8-4-9(11)7(3)10(12)5-8/h5-7,9H,4H2,1-3H3. The maximum Gasteiger partial charge on any atom is 0.159 e. The molecule has 0 N–H and O–H groups in total. The Kier molecular flexibility index (Phi) is 2.94. The fraction of sp³-hybridized carbons (Fsp3) is 0.700. The van der Waals surface area contributed by atoms with Gasteiger partial charge in [-0.1, -0.05) is 26.3 Å². The number of hydrogen-bond donors (Lipinski definition) is 0. The van der Waals surface area contributed by atoms with Crippen LogP contribution in [0.15, 0.2) is 11.6 Å². The van der Waals surface area contributed by atoms with E-state index in [1.807, 2.05) is 6.92 Å². The Bertz CT molecular complexity index is 218. The van der Waals surface area contributed by atoms with E-state index < -0.39 is 0 Å². The second kappa shape index (κ2) is 3.61. The quantitative estimate of drug-likeness (QED) is 0.576. The molecule has 2 heteroatoms. The van der Waals surface area contributed by atoms with Crippen LogP contribution in [-0.2, 0) is 4.79 Å². The first kappa shape index (κ1) is 9.79. The van der Waals surface area contributed by atoms with Gasteiger partial charge in [0.15, 0.2) is 5.78 Å². The number of alkyl halides is 1. The zero-order valence-electron chi connectivity index (χ0n) is 7.80. The molecule has 68 valence electrons. The van der Waals surface area contributed by atoms with Gasteiger partial charge in [-0.2, -0.15) is 0 Å². The predicted molar refractivity (Wildman–Crippen MR) is 51.4 cm³/mol. The van der Waals surface area contributed by atoms with Crippen molar-refractivity contribution in [3.05, 3.63) is 11.6 Å². The minimum atomic E-state index is -0.00540. The van der Waals surface area contributed by atoms with Gasteiger partial charge in [0.25, 0.3) is 0 Å². The lowest BCUT2D eigenvalue weighted by Gasteiger charge is -2.24. The van der Waals surface area contributed by atoms with Crippen molar-refractivity contribution in [2.75, 3.05) is 0 Å². The Balaban J connectivity index is 2.81. The summed E-state index contributed by atoms with van der Waals surface area (Å²) in [7, 11) is 0. The molecule has 0 heterocycles. The van der Waals surface area contributed by atoms with Gasteiger partial charge in [-0.05, 0) is 18.4 Å². The summed E-state index contributed by atoms with van der Waals surface area (Å²) in [5.41, 5.74) is 1.19. The molecule has 0 fully saturated rings. The van der Waals surface area contributed by atoms with Crippen LogP contribution in [0.4, 0.5) is 0 Å². The van der Waals surface area contributed by atoms with Crippen LogP contribution in [0, 0.1) is 11.8 Å². The van der Waals surface area contributed by atoms with Crippen molar-refractivity contribution in [1.29, 1.82) is 0 Å². The second-order valence-electron chi connectivity index (χ2n) is 3.79. The molecule has 1 nitrogen and oxygen atoms in total. The van der Waals surface area contributed by atoms with E-state index in [-0.39, 0.29) is 17.1 Å². The van der Waals surface area contributed by atoms with E-state index >= 15 is 0 Å². The number of carbonyl (C=O) groups is 1. The second-order valence-corrected chi connectivity index (χ2v) is 4.35. The van der Waals surface area contributed by atoms with Crippen molar-refractivity contribution < 1.29 is 4.79 Å². The first-order valence-corrected chi connectivity index (χ1v) is 4.84. The van der Waals surface area contributed by atoms with Gasteiger partial charge in [0, 0.05) is 11.3 Å². The van der Waals surface area contributed by atoms with Crippen molar-refractivity contribution >= 4 is 17.4 Å². The highest BCUT2D eigenvalue weighted by atomic mass is 35.5. The predicted octanol–water partition coefficient (Wildman–Crippen LogP) is 2.79. The van der Waals surface area contributed by atoms with Crippen molar-refractivity contribution in [3.63, 3.8) is 0 Å². The lowest BCUT2D eigenvalue weighted by Crippen LogP contribution is -2.26. The van der Waals surface area contributed by atoms with E-state index in [4.69, 9.17) is 11.6 Å². The van der Waals surface area contributed by atoms with Crippen LogP contribution in [0.1, 0.15) is 27.2 Å². The SMILES string of the molecule is CC(C)C1=CC(=O)C(C)C(Cl)C1. The molecule has 0 saturated carbocycles. The number of allylic oxidation sites excluding steroid dienone is 2. The lowest BCUT2D eigenvalue weighted by molar-refractivity contribution is -0.118. The number of rotatable bonds is 1. The van der Waals surface area contributed by atoms with Gasteiger partial charge >= 0.3 is 0 Å². The summed E-state index contributed by atoms with van der Waals surface area (Å²) in [5.74, 6) is 0.627. The number of ketones is 1. The molecule has 0 bridgehead atoms. The third-order valence-corrected chi connectivity index (χ3v) is 3.02. The Morgan fingerprint density at radius 2 is 2.17 bits per heavy atom. The molecule has 0 amide bonds. The van der Waals surface area contributed by atoms with Gasteiger partial charge in [0.2, 0.25) is 0 Å². The number of halogens is 1. The summed E-state index contributed by atoms with van der Waals surface area (Å²) in [6.45, 7) is 6.09. The van der Waals surface area contributed by atoms with Gasteiger partial charge < -0.3 is 0 Å². The summed E-state index contributed by atoms with van der Waals surface area (Å²) in [6, 6.07) is 0. The van der Waals surface area contributed by atoms with E-state index in [1.165, 1.54) is 5.57 Å². The topological polar surface area (TPSA) is 17.1 Å². The number of hydrogen-bond acceptors (Lipinski definition) is 1. The van der Waals surface area contributed by atoms with E-state index in [2.05, 4.69) is 13.8 Å². The van der Waals surface area contributed by atoms with Crippen LogP contribution in [0.25, 0.3) is 0 Å². The number of carbonyl (C=O) groups excluding carboxylic acids is 1. The van der Waals surface area contributed by atoms with E-state index in [1.54, 1.807) is 6.08 Å². The largest absolute Gasteiger partial charge is 0.295 e. The maximum absolute atomic E-state index is 11.4. The molecule has 2 atom stereocenters. The molecule has 1 aliphatic rings. The molecule has 0 aliphatic heterocycles. The third-order valence-electron chi connectivity index (χ3n) is 2.49. The molecule has 0 aromatic carbocycles. The molecular formula is C10H15ClO. The first-order chi connectivity index (χ1) is 5.52. The van der Waals surface area contributed by atoms with Gasteiger partial charge in [0.1, 0.15) is 0 Å². The average molecular weight is 187 g/mol. The normalized spacial score (nSPS) is 30.8. The fourth-order valence-corrected chi connectivity index (χ4v) is 1.66. The van der Waals surface area contributed by atoms with Crippen LogP contribution in [-0.4, -0.2) is 11.2 Å². The van der Waals surface area contributed by atoms with E-state index in [0.29, 0.717) is 5.92 Å². The highest BCUT2D eigenvalue weighted by Crippen LogP contribution is 2.29. The zero-order valence-corrected chi connectivity index (χ0v) is 8.56. The van der Waals surface area contributed by atoms with Crippen molar-refractivity contribution in [2.24, 2.45) is 11.8 Å². The molecule has 2 unspecified atom stereocenters. The molecule has 12 heavy (non-hydrogen) atoms.